The van der Waals surface area contributed by atoms with Crippen LogP contribution in [0.25, 0.3) is 0 Å². The number of hydrogen-bond donors (Lipinski definition) is 3. The quantitative estimate of drug-likeness (QED) is 0.686. The van der Waals surface area contributed by atoms with Gasteiger partial charge >= 0.3 is 0 Å². The zero-order chi connectivity index (χ0) is 17.5. The number of piperidine rings is 1. The summed E-state index contributed by atoms with van der Waals surface area (Å²) in [5, 5.41) is 5.22. The lowest BCUT2D eigenvalue weighted by Crippen LogP contribution is -2.50. The largest absolute Gasteiger partial charge is 0.351 e. The maximum atomic E-state index is 13.7. The molecule has 0 saturated carbocycles. The summed E-state index contributed by atoms with van der Waals surface area (Å²) in [5.41, 5.74) is 5.19. The fraction of sp³-hybridized carbons (Fsp3) is 0.500. The Morgan fingerprint density at radius 2 is 1.96 bits per heavy atom. The molecule has 2 amide bonds. The molecule has 0 aliphatic carbocycles. The lowest BCUT2D eigenvalue weighted by atomic mass is 10.0. The molecule has 132 valence electrons. The molecule has 8 heteroatoms. The highest BCUT2D eigenvalue weighted by molar-refractivity contribution is 5.85. The van der Waals surface area contributed by atoms with Crippen LogP contribution in [0.5, 0.6) is 0 Å². The third kappa shape index (κ3) is 5.24. The molecule has 1 unspecified atom stereocenters. The first kappa shape index (κ1) is 18.3. The Balaban J connectivity index is 1.85. The van der Waals surface area contributed by atoms with E-state index in [-0.39, 0.29) is 37.1 Å². The summed E-state index contributed by atoms with van der Waals surface area (Å²) in [5.74, 6) is -1.83. The molecule has 1 atom stereocenters. The topological polar surface area (TPSA) is 87.5 Å². The number of likely N-dealkylation sites (tertiary alicyclic amines) is 1. The van der Waals surface area contributed by atoms with Crippen molar-refractivity contribution in [3.05, 3.63) is 35.4 Å². The monoisotopic (exact) mass is 340 g/mol. The van der Waals surface area contributed by atoms with Crippen molar-refractivity contribution in [1.82, 2.24) is 15.5 Å². The van der Waals surface area contributed by atoms with Gasteiger partial charge in [0.2, 0.25) is 11.8 Å². The van der Waals surface area contributed by atoms with Crippen LogP contribution in [0.1, 0.15) is 18.4 Å². The fourth-order valence-corrected chi connectivity index (χ4v) is 2.75. The van der Waals surface area contributed by atoms with Gasteiger partial charge in [0, 0.05) is 24.7 Å². The summed E-state index contributed by atoms with van der Waals surface area (Å²) >= 11 is 0. The van der Waals surface area contributed by atoms with Gasteiger partial charge in [0.05, 0.1) is 13.1 Å². The molecule has 0 bridgehead atoms. The second-order valence-electron chi connectivity index (χ2n) is 5.82. The predicted molar refractivity (Wildman–Crippen MR) is 84.9 cm³/mol. The molecule has 6 nitrogen and oxygen atoms in total. The molecule has 0 aromatic heterocycles. The maximum absolute atomic E-state index is 13.7. The van der Waals surface area contributed by atoms with Gasteiger partial charge in [-0.3, -0.25) is 14.5 Å². The zero-order valence-electron chi connectivity index (χ0n) is 13.4. The van der Waals surface area contributed by atoms with Crippen LogP contribution in [0.4, 0.5) is 8.78 Å². The van der Waals surface area contributed by atoms with E-state index in [9.17, 15) is 18.4 Å². The molecule has 1 saturated heterocycles. The van der Waals surface area contributed by atoms with Crippen LogP contribution in [-0.4, -0.2) is 48.9 Å². The van der Waals surface area contributed by atoms with E-state index in [1.165, 1.54) is 18.2 Å². The van der Waals surface area contributed by atoms with Gasteiger partial charge in [-0.2, -0.15) is 0 Å². The van der Waals surface area contributed by atoms with Crippen molar-refractivity contribution >= 4 is 11.8 Å². The average molecular weight is 340 g/mol. The first-order valence-electron chi connectivity index (χ1n) is 7.91. The number of carbonyl (C=O) groups excluding carboxylic acids is 2. The van der Waals surface area contributed by atoms with Gasteiger partial charge < -0.3 is 16.4 Å². The minimum atomic E-state index is -0.564. The fourth-order valence-electron chi connectivity index (χ4n) is 2.75. The highest BCUT2D eigenvalue weighted by Crippen LogP contribution is 2.18. The SMILES string of the molecule is NCC(=O)NCC(=O)NC1CCCN(Cc2c(F)cccc2F)C1. The molecule has 1 aliphatic heterocycles. The second kappa shape index (κ2) is 8.70. The van der Waals surface area contributed by atoms with E-state index in [1.54, 1.807) is 0 Å². The van der Waals surface area contributed by atoms with E-state index < -0.39 is 17.5 Å². The van der Waals surface area contributed by atoms with Gasteiger partial charge in [-0.1, -0.05) is 6.07 Å². The summed E-state index contributed by atoms with van der Waals surface area (Å²) in [7, 11) is 0. The molecular formula is C16H22F2N4O2. The molecule has 0 spiro atoms. The lowest BCUT2D eigenvalue weighted by molar-refractivity contribution is -0.126. The molecule has 1 aromatic carbocycles. The molecular weight excluding hydrogens is 318 g/mol. The molecule has 1 heterocycles. The third-order valence-electron chi connectivity index (χ3n) is 3.95. The van der Waals surface area contributed by atoms with Crippen molar-refractivity contribution in [1.29, 1.82) is 0 Å². The number of halogens is 2. The van der Waals surface area contributed by atoms with Crippen molar-refractivity contribution in [2.45, 2.75) is 25.4 Å². The number of rotatable bonds is 6. The highest BCUT2D eigenvalue weighted by Gasteiger charge is 2.23. The van der Waals surface area contributed by atoms with Gasteiger partial charge in [-0.25, -0.2) is 8.78 Å². The summed E-state index contributed by atoms with van der Waals surface area (Å²) in [6, 6.07) is 3.70. The van der Waals surface area contributed by atoms with Crippen LogP contribution in [0.15, 0.2) is 18.2 Å². The van der Waals surface area contributed by atoms with Crippen LogP contribution >= 0.6 is 0 Å². The number of amides is 2. The Morgan fingerprint density at radius 3 is 2.62 bits per heavy atom. The molecule has 1 aromatic rings. The smallest absolute Gasteiger partial charge is 0.239 e. The van der Waals surface area contributed by atoms with Crippen LogP contribution in [0.2, 0.25) is 0 Å². The first-order chi connectivity index (χ1) is 11.5. The molecule has 24 heavy (non-hydrogen) atoms. The Hall–Kier alpha value is -2.06. The Morgan fingerprint density at radius 1 is 1.25 bits per heavy atom. The van der Waals surface area contributed by atoms with Crippen molar-refractivity contribution < 1.29 is 18.4 Å². The van der Waals surface area contributed by atoms with E-state index in [2.05, 4.69) is 10.6 Å². The highest BCUT2D eigenvalue weighted by atomic mass is 19.1. The maximum Gasteiger partial charge on any atom is 0.239 e. The van der Waals surface area contributed by atoms with E-state index in [4.69, 9.17) is 5.73 Å². The average Bonchev–Trinajstić information content (AvgIpc) is 2.56. The number of hydrogen-bond acceptors (Lipinski definition) is 4. The molecule has 2 rings (SSSR count). The van der Waals surface area contributed by atoms with E-state index in [0.717, 1.165) is 12.8 Å². The second-order valence-corrected chi connectivity index (χ2v) is 5.82. The Kier molecular flexibility index (Phi) is 6.62. The van der Waals surface area contributed by atoms with Gasteiger partial charge in [0.1, 0.15) is 11.6 Å². The minimum absolute atomic E-state index is 0.0414. The zero-order valence-corrected chi connectivity index (χ0v) is 13.4. The standard InChI is InChI=1S/C16H22F2N4O2/c17-13-4-1-5-14(18)12(13)10-22-6-2-3-11(9-22)21-16(24)8-20-15(23)7-19/h1,4-5,11H,2-3,6-10,19H2,(H,20,23)(H,21,24). The molecule has 0 radical (unpaired) electrons. The summed E-state index contributed by atoms with van der Waals surface area (Å²) < 4.78 is 27.5. The van der Waals surface area contributed by atoms with Crippen LogP contribution in [-0.2, 0) is 16.1 Å². The van der Waals surface area contributed by atoms with Crippen molar-refractivity contribution in [2.24, 2.45) is 5.73 Å². The Bertz CT molecular complexity index is 577. The molecule has 1 aliphatic rings. The van der Waals surface area contributed by atoms with Crippen LogP contribution in [0.3, 0.4) is 0 Å². The summed E-state index contributed by atoms with van der Waals surface area (Å²) in [4.78, 5) is 24.7. The summed E-state index contributed by atoms with van der Waals surface area (Å²) in [6.07, 6.45) is 1.60. The van der Waals surface area contributed by atoms with Crippen molar-refractivity contribution in [3.63, 3.8) is 0 Å². The number of nitrogens with zero attached hydrogens (tertiary/aromatic N) is 1. The molecule has 1 fully saturated rings. The van der Waals surface area contributed by atoms with Crippen molar-refractivity contribution in [3.8, 4) is 0 Å². The van der Waals surface area contributed by atoms with Crippen LogP contribution in [0, 0.1) is 11.6 Å². The first-order valence-corrected chi connectivity index (χ1v) is 7.91. The number of benzene rings is 1. The van der Waals surface area contributed by atoms with Gasteiger partial charge in [-0.15, -0.1) is 0 Å². The normalized spacial score (nSPS) is 18.2. The van der Waals surface area contributed by atoms with E-state index in [1.807, 2.05) is 4.90 Å². The summed E-state index contributed by atoms with van der Waals surface area (Å²) in [6.45, 7) is 1.08. The van der Waals surface area contributed by atoms with Gasteiger partial charge in [0.15, 0.2) is 0 Å². The third-order valence-corrected chi connectivity index (χ3v) is 3.95. The minimum Gasteiger partial charge on any atom is -0.351 e. The van der Waals surface area contributed by atoms with E-state index >= 15 is 0 Å². The van der Waals surface area contributed by atoms with Crippen molar-refractivity contribution in [2.75, 3.05) is 26.2 Å². The Labute approximate surface area is 139 Å². The molecule has 4 N–H and O–H groups in total. The number of nitrogens with two attached hydrogens (primary N) is 1. The number of carbonyl (C=O) groups is 2. The van der Waals surface area contributed by atoms with Gasteiger partial charge in [0.25, 0.3) is 0 Å². The van der Waals surface area contributed by atoms with Gasteiger partial charge in [-0.05, 0) is 31.5 Å². The lowest BCUT2D eigenvalue weighted by Gasteiger charge is -2.33. The number of nitrogens with one attached hydrogen (secondary N) is 2. The van der Waals surface area contributed by atoms with E-state index in [0.29, 0.717) is 13.1 Å². The van der Waals surface area contributed by atoms with Crippen LogP contribution < -0.4 is 16.4 Å². The predicted octanol–water partition coefficient (Wildman–Crippen LogP) is 0.120.